The summed E-state index contributed by atoms with van der Waals surface area (Å²) >= 11 is 1.63. The van der Waals surface area contributed by atoms with Gasteiger partial charge in [-0.3, -0.25) is 9.59 Å². The third-order valence-corrected chi connectivity index (χ3v) is 6.13. The van der Waals surface area contributed by atoms with Crippen molar-refractivity contribution in [2.75, 3.05) is 26.2 Å². The van der Waals surface area contributed by atoms with Crippen molar-refractivity contribution >= 4 is 23.2 Å². The van der Waals surface area contributed by atoms with Gasteiger partial charge in [0, 0.05) is 43.0 Å². The Labute approximate surface area is 157 Å². The number of hydrogen-bond donors (Lipinski definition) is 0. The van der Waals surface area contributed by atoms with Crippen molar-refractivity contribution in [3.63, 3.8) is 0 Å². The minimum atomic E-state index is -0.0570. The first-order valence-corrected chi connectivity index (χ1v) is 10.2. The van der Waals surface area contributed by atoms with Crippen LogP contribution in [0.5, 0.6) is 0 Å². The highest BCUT2D eigenvalue weighted by molar-refractivity contribution is 7.07. The van der Waals surface area contributed by atoms with Gasteiger partial charge in [0.25, 0.3) is 5.91 Å². The van der Waals surface area contributed by atoms with Gasteiger partial charge in [-0.05, 0) is 31.4 Å². The fraction of sp³-hybridized carbons (Fsp3) is 0.450. The van der Waals surface area contributed by atoms with E-state index in [1.54, 1.807) is 11.3 Å². The molecule has 2 aliphatic heterocycles. The monoisotopic (exact) mass is 369 g/mol. The van der Waals surface area contributed by atoms with Gasteiger partial charge in [0.05, 0.1) is 17.1 Å². The second kappa shape index (κ2) is 7.58. The molecule has 2 saturated heterocycles. The number of hydrogen-bond acceptors (Lipinski definition) is 4. The largest absolute Gasteiger partial charge is 0.342 e. The van der Waals surface area contributed by atoms with Crippen molar-refractivity contribution in [3.05, 3.63) is 52.5 Å². The normalized spacial score (nSPS) is 21.2. The number of thiazole rings is 1. The molecule has 0 N–H and O–H groups in total. The molecule has 136 valence electrons. The third kappa shape index (κ3) is 3.51. The van der Waals surface area contributed by atoms with Gasteiger partial charge in [0.2, 0.25) is 5.91 Å². The van der Waals surface area contributed by atoms with Gasteiger partial charge in [0.15, 0.2) is 0 Å². The Morgan fingerprint density at radius 2 is 1.73 bits per heavy atom. The molecule has 0 spiro atoms. The Bertz CT molecular complexity index is 755. The lowest BCUT2D eigenvalue weighted by Gasteiger charge is -2.33. The maximum absolute atomic E-state index is 12.9. The van der Waals surface area contributed by atoms with E-state index in [1.807, 2.05) is 45.6 Å². The van der Waals surface area contributed by atoms with Gasteiger partial charge in [-0.1, -0.05) is 18.2 Å². The highest BCUT2D eigenvalue weighted by Crippen LogP contribution is 2.29. The Kier molecular flexibility index (Phi) is 5.02. The summed E-state index contributed by atoms with van der Waals surface area (Å²) in [4.78, 5) is 33.7. The molecule has 4 rings (SSSR count). The van der Waals surface area contributed by atoms with E-state index in [1.165, 1.54) is 5.69 Å². The highest BCUT2D eigenvalue weighted by atomic mass is 32.1. The first kappa shape index (κ1) is 17.2. The van der Waals surface area contributed by atoms with Crippen molar-refractivity contribution in [2.24, 2.45) is 5.92 Å². The molecule has 2 aromatic rings. The fourth-order valence-electron chi connectivity index (χ4n) is 3.99. The van der Waals surface area contributed by atoms with Crippen LogP contribution < -0.4 is 0 Å². The van der Waals surface area contributed by atoms with E-state index in [4.69, 9.17) is 0 Å². The number of amides is 2. The minimum absolute atomic E-state index is 0.0307. The lowest BCUT2D eigenvalue weighted by molar-refractivity contribution is -0.136. The van der Waals surface area contributed by atoms with Crippen molar-refractivity contribution in [1.82, 2.24) is 14.8 Å². The summed E-state index contributed by atoms with van der Waals surface area (Å²) in [5.74, 6) is 0.664. The molecule has 2 aliphatic rings. The molecule has 0 aliphatic carbocycles. The molecule has 1 aromatic heterocycles. The zero-order valence-electron chi connectivity index (χ0n) is 14.7. The fourth-order valence-corrected chi connectivity index (χ4v) is 4.62. The SMILES string of the molecule is O=C(c1ccccc1)N1CCC(C(=O)N2CCC(c3cscn3)CC2)C1. The molecule has 0 bridgehead atoms. The first-order valence-electron chi connectivity index (χ1n) is 9.23. The predicted octanol–water partition coefficient (Wildman–Crippen LogP) is 3.01. The second-order valence-electron chi connectivity index (χ2n) is 7.12. The molecule has 0 saturated carbocycles. The minimum Gasteiger partial charge on any atom is -0.342 e. The van der Waals surface area contributed by atoms with E-state index in [2.05, 4.69) is 10.4 Å². The van der Waals surface area contributed by atoms with Crippen LogP contribution in [0.15, 0.2) is 41.2 Å². The van der Waals surface area contributed by atoms with Crippen molar-refractivity contribution in [1.29, 1.82) is 0 Å². The molecule has 6 heteroatoms. The van der Waals surface area contributed by atoms with Gasteiger partial charge < -0.3 is 9.80 Å². The molecule has 2 fully saturated rings. The van der Waals surface area contributed by atoms with E-state index in [-0.39, 0.29) is 17.7 Å². The van der Waals surface area contributed by atoms with Gasteiger partial charge in [0.1, 0.15) is 0 Å². The number of likely N-dealkylation sites (tertiary alicyclic amines) is 2. The van der Waals surface area contributed by atoms with E-state index in [0.717, 1.165) is 32.4 Å². The van der Waals surface area contributed by atoms with E-state index < -0.39 is 0 Å². The number of carbonyl (C=O) groups is 2. The standard InChI is InChI=1S/C20H23N3O2S/c24-19(16-4-2-1-3-5-16)23-11-8-17(12-23)20(25)22-9-6-15(7-10-22)18-13-26-14-21-18/h1-5,13-15,17H,6-12H2. The number of aromatic nitrogens is 1. The molecule has 5 nitrogen and oxygen atoms in total. The van der Waals surface area contributed by atoms with Gasteiger partial charge in [-0.2, -0.15) is 0 Å². The summed E-state index contributed by atoms with van der Waals surface area (Å²) in [6.45, 7) is 2.80. The average Bonchev–Trinajstić information content (AvgIpc) is 3.40. The van der Waals surface area contributed by atoms with Crippen LogP contribution in [0.3, 0.4) is 0 Å². The van der Waals surface area contributed by atoms with Crippen molar-refractivity contribution < 1.29 is 9.59 Å². The average molecular weight is 369 g/mol. The molecule has 2 amide bonds. The quantitative estimate of drug-likeness (QED) is 0.836. The zero-order valence-corrected chi connectivity index (χ0v) is 15.5. The van der Waals surface area contributed by atoms with Crippen LogP contribution in [-0.4, -0.2) is 52.8 Å². The van der Waals surface area contributed by atoms with Gasteiger partial charge in [-0.25, -0.2) is 4.98 Å². The molecule has 1 unspecified atom stereocenters. The molecular weight excluding hydrogens is 346 g/mol. The van der Waals surface area contributed by atoms with Gasteiger partial charge in [-0.15, -0.1) is 11.3 Å². The maximum Gasteiger partial charge on any atom is 0.253 e. The summed E-state index contributed by atoms with van der Waals surface area (Å²) in [5, 5.41) is 2.12. The number of piperidine rings is 1. The molecule has 26 heavy (non-hydrogen) atoms. The Hall–Kier alpha value is -2.21. The van der Waals surface area contributed by atoms with Crippen molar-refractivity contribution in [3.8, 4) is 0 Å². The molecular formula is C20H23N3O2S. The van der Waals surface area contributed by atoms with Gasteiger partial charge >= 0.3 is 0 Å². The Balaban J connectivity index is 1.32. The van der Waals surface area contributed by atoms with Crippen LogP contribution in [-0.2, 0) is 4.79 Å². The Morgan fingerprint density at radius 1 is 1.00 bits per heavy atom. The number of rotatable bonds is 3. The lowest BCUT2D eigenvalue weighted by atomic mass is 9.93. The van der Waals surface area contributed by atoms with Crippen LogP contribution >= 0.6 is 11.3 Å². The smallest absolute Gasteiger partial charge is 0.253 e. The highest BCUT2D eigenvalue weighted by Gasteiger charge is 2.35. The molecule has 1 atom stereocenters. The Morgan fingerprint density at radius 3 is 2.42 bits per heavy atom. The van der Waals surface area contributed by atoms with Crippen molar-refractivity contribution in [2.45, 2.75) is 25.2 Å². The van der Waals surface area contributed by atoms with E-state index >= 15 is 0 Å². The summed E-state index contributed by atoms with van der Waals surface area (Å²) in [6.07, 6.45) is 2.73. The summed E-state index contributed by atoms with van der Waals surface area (Å²) in [5.41, 5.74) is 3.75. The lowest BCUT2D eigenvalue weighted by Crippen LogP contribution is -2.42. The number of nitrogens with zero attached hydrogens (tertiary/aromatic N) is 3. The molecule has 3 heterocycles. The first-order chi connectivity index (χ1) is 12.7. The summed E-state index contributed by atoms with van der Waals surface area (Å²) < 4.78 is 0. The second-order valence-corrected chi connectivity index (χ2v) is 7.83. The predicted molar refractivity (Wildman–Crippen MR) is 101 cm³/mol. The maximum atomic E-state index is 12.9. The van der Waals surface area contributed by atoms with Crippen LogP contribution in [0.4, 0.5) is 0 Å². The van der Waals surface area contributed by atoms with Crippen LogP contribution in [0.1, 0.15) is 41.2 Å². The van der Waals surface area contributed by atoms with Crippen LogP contribution in [0.25, 0.3) is 0 Å². The number of carbonyl (C=O) groups excluding carboxylic acids is 2. The molecule has 0 radical (unpaired) electrons. The summed E-state index contributed by atoms with van der Waals surface area (Å²) in [7, 11) is 0. The summed E-state index contributed by atoms with van der Waals surface area (Å²) in [6, 6.07) is 9.32. The van der Waals surface area contributed by atoms with E-state index in [0.29, 0.717) is 24.6 Å². The van der Waals surface area contributed by atoms with Crippen LogP contribution in [0, 0.1) is 5.92 Å². The zero-order chi connectivity index (χ0) is 17.9. The molecule has 1 aromatic carbocycles. The third-order valence-electron chi connectivity index (χ3n) is 5.52. The van der Waals surface area contributed by atoms with Crippen LogP contribution in [0.2, 0.25) is 0 Å². The van der Waals surface area contributed by atoms with E-state index in [9.17, 15) is 9.59 Å². The number of benzene rings is 1. The topological polar surface area (TPSA) is 53.5 Å².